The van der Waals surface area contributed by atoms with Crippen LogP contribution in [0.1, 0.15) is 29.8 Å². The van der Waals surface area contributed by atoms with Crippen molar-refractivity contribution in [2.75, 3.05) is 5.32 Å². The van der Waals surface area contributed by atoms with Gasteiger partial charge in [-0.25, -0.2) is 4.98 Å². The molecule has 1 heterocycles. The first kappa shape index (κ1) is 20.0. The highest BCUT2D eigenvalue weighted by molar-refractivity contribution is 6.34. The van der Waals surface area contributed by atoms with Crippen LogP contribution in [0.3, 0.4) is 0 Å². The van der Waals surface area contributed by atoms with E-state index in [1.54, 1.807) is 36.4 Å². The van der Waals surface area contributed by atoms with Gasteiger partial charge in [-0.1, -0.05) is 17.7 Å². The Kier molecular flexibility index (Phi) is 5.46. The predicted molar refractivity (Wildman–Crippen MR) is 119 cm³/mol. The summed E-state index contributed by atoms with van der Waals surface area (Å²) in [5.74, 6) is 0.920. The number of rotatable bonds is 5. The molecule has 0 aliphatic rings. The Labute approximate surface area is 179 Å². The number of anilines is 1. The van der Waals surface area contributed by atoms with Gasteiger partial charge in [0.2, 0.25) is 5.89 Å². The quantitative estimate of drug-likeness (QED) is 0.400. The molecule has 4 aromatic rings. The van der Waals surface area contributed by atoms with E-state index in [2.05, 4.69) is 10.3 Å². The Morgan fingerprint density at radius 3 is 2.57 bits per heavy atom. The molecule has 0 unspecified atom stereocenters. The van der Waals surface area contributed by atoms with Crippen molar-refractivity contribution in [3.63, 3.8) is 0 Å². The van der Waals surface area contributed by atoms with Gasteiger partial charge in [0.05, 0.1) is 16.8 Å². The molecule has 0 aliphatic carbocycles. The summed E-state index contributed by atoms with van der Waals surface area (Å²) in [5.41, 5.74) is 4.31. The third kappa shape index (κ3) is 4.31. The van der Waals surface area contributed by atoms with E-state index in [1.165, 1.54) is 0 Å². The van der Waals surface area contributed by atoms with Crippen molar-refractivity contribution in [2.24, 2.45) is 0 Å². The van der Waals surface area contributed by atoms with Gasteiger partial charge in [-0.3, -0.25) is 4.79 Å². The molecule has 4 rings (SSSR count). The Morgan fingerprint density at radius 1 is 1.07 bits per heavy atom. The van der Waals surface area contributed by atoms with E-state index in [9.17, 15) is 4.79 Å². The lowest BCUT2D eigenvalue weighted by Crippen LogP contribution is -2.12. The van der Waals surface area contributed by atoms with Crippen LogP contribution < -0.4 is 10.1 Å². The van der Waals surface area contributed by atoms with Crippen LogP contribution >= 0.6 is 11.6 Å². The minimum atomic E-state index is -0.265. The zero-order valence-corrected chi connectivity index (χ0v) is 17.7. The van der Waals surface area contributed by atoms with Crippen molar-refractivity contribution in [1.29, 1.82) is 0 Å². The Morgan fingerprint density at radius 2 is 1.83 bits per heavy atom. The van der Waals surface area contributed by atoms with Crippen LogP contribution in [0.5, 0.6) is 5.75 Å². The average Bonchev–Trinajstić information content (AvgIpc) is 3.13. The highest BCUT2D eigenvalue weighted by Gasteiger charge is 2.13. The minimum absolute atomic E-state index is 0.0713. The van der Waals surface area contributed by atoms with E-state index in [-0.39, 0.29) is 12.0 Å². The molecule has 6 heteroatoms. The average molecular weight is 421 g/mol. The smallest absolute Gasteiger partial charge is 0.255 e. The van der Waals surface area contributed by atoms with E-state index < -0.39 is 0 Å². The Hall–Kier alpha value is -3.31. The number of benzene rings is 3. The van der Waals surface area contributed by atoms with Gasteiger partial charge in [0, 0.05) is 11.1 Å². The van der Waals surface area contributed by atoms with Gasteiger partial charge >= 0.3 is 0 Å². The Balaban J connectivity index is 1.57. The summed E-state index contributed by atoms with van der Waals surface area (Å²) in [6.07, 6.45) is 0.0713. The largest absolute Gasteiger partial charge is 0.491 e. The van der Waals surface area contributed by atoms with Crippen LogP contribution in [0.15, 0.2) is 65.1 Å². The van der Waals surface area contributed by atoms with Crippen molar-refractivity contribution < 1.29 is 13.9 Å². The third-order valence-electron chi connectivity index (χ3n) is 4.49. The van der Waals surface area contributed by atoms with Crippen molar-refractivity contribution in [1.82, 2.24) is 4.98 Å². The van der Waals surface area contributed by atoms with Crippen LogP contribution in [0, 0.1) is 6.92 Å². The summed E-state index contributed by atoms with van der Waals surface area (Å²) in [5, 5.41) is 3.29. The normalized spacial score (nSPS) is 11.1. The molecular formula is C24H21ClN2O3. The summed E-state index contributed by atoms with van der Waals surface area (Å²) in [6, 6.07) is 18.1. The maximum absolute atomic E-state index is 12.7. The highest BCUT2D eigenvalue weighted by atomic mass is 35.5. The number of aromatic nitrogens is 1. The van der Waals surface area contributed by atoms with Crippen LogP contribution in [-0.4, -0.2) is 17.0 Å². The van der Waals surface area contributed by atoms with Crippen LogP contribution in [0.4, 0.5) is 5.69 Å². The lowest BCUT2D eigenvalue weighted by molar-refractivity contribution is 0.102. The van der Waals surface area contributed by atoms with Crippen molar-refractivity contribution >= 4 is 34.3 Å². The number of halogens is 1. The molecule has 1 aromatic heterocycles. The fourth-order valence-corrected chi connectivity index (χ4v) is 3.23. The molecule has 1 amide bonds. The van der Waals surface area contributed by atoms with E-state index in [0.29, 0.717) is 33.5 Å². The van der Waals surface area contributed by atoms with Gasteiger partial charge in [0.25, 0.3) is 5.91 Å². The second-order valence-corrected chi connectivity index (χ2v) is 7.74. The first-order chi connectivity index (χ1) is 14.4. The molecule has 30 heavy (non-hydrogen) atoms. The summed E-state index contributed by atoms with van der Waals surface area (Å²) in [6.45, 7) is 5.90. The number of nitrogens with zero attached hydrogens (tertiary/aromatic N) is 1. The molecule has 0 saturated heterocycles. The van der Waals surface area contributed by atoms with Crippen molar-refractivity contribution in [3.8, 4) is 17.2 Å². The van der Waals surface area contributed by atoms with Gasteiger partial charge in [-0.05, 0) is 80.9 Å². The van der Waals surface area contributed by atoms with Gasteiger partial charge in [-0.2, -0.15) is 0 Å². The molecule has 5 nitrogen and oxygen atoms in total. The highest BCUT2D eigenvalue weighted by Crippen LogP contribution is 2.31. The van der Waals surface area contributed by atoms with E-state index in [4.69, 9.17) is 20.8 Å². The first-order valence-corrected chi connectivity index (χ1v) is 10.0. The maximum atomic E-state index is 12.7. The number of fused-ring (bicyclic) bond motifs is 1. The molecule has 0 bridgehead atoms. The summed E-state index contributed by atoms with van der Waals surface area (Å²) in [7, 11) is 0. The summed E-state index contributed by atoms with van der Waals surface area (Å²) >= 11 is 6.31. The van der Waals surface area contributed by atoms with E-state index in [1.807, 2.05) is 45.0 Å². The molecule has 0 aliphatic heterocycles. The molecule has 0 radical (unpaired) electrons. The number of ether oxygens (including phenoxy) is 1. The first-order valence-electron chi connectivity index (χ1n) is 9.64. The molecule has 0 spiro atoms. The number of hydrogen-bond donors (Lipinski definition) is 1. The molecule has 0 fully saturated rings. The molecular weight excluding hydrogens is 400 g/mol. The monoisotopic (exact) mass is 420 g/mol. The van der Waals surface area contributed by atoms with Crippen LogP contribution in [0.2, 0.25) is 5.02 Å². The zero-order chi connectivity index (χ0) is 21.3. The number of carbonyl (C=O) groups is 1. The second kappa shape index (κ2) is 8.20. The fourth-order valence-electron chi connectivity index (χ4n) is 3.06. The number of aryl methyl sites for hydroxylation is 1. The number of amides is 1. The van der Waals surface area contributed by atoms with Crippen molar-refractivity contribution in [3.05, 3.63) is 76.8 Å². The predicted octanol–water partition coefficient (Wildman–Crippen LogP) is 6.50. The summed E-state index contributed by atoms with van der Waals surface area (Å²) in [4.78, 5) is 17.2. The molecule has 0 atom stereocenters. The topological polar surface area (TPSA) is 64.4 Å². The minimum Gasteiger partial charge on any atom is -0.491 e. The van der Waals surface area contributed by atoms with Crippen LogP contribution in [0.25, 0.3) is 22.6 Å². The van der Waals surface area contributed by atoms with E-state index in [0.717, 1.165) is 16.6 Å². The molecule has 3 aromatic carbocycles. The molecule has 152 valence electrons. The van der Waals surface area contributed by atoms with Crippen molar-refractivity contribution in [2.45, 2.75) is 26.9 Å². The lowest BCUT2D eigenvalue weighted by atomic mass is 10.1. The lowest BCUT2D eigenvalue weighted by Gasteiger charge is -2.11. The van der Waals surface area contributed by atoms with Gasteiger partial charge in [0.1, 0.15) is 11.3 Å². The fraction of sp³-hybridized carbons (Fsp3) is 0.167. The van der Waals surface area contributed by atoms with Gasteiger partial charge in [0.15, 0.2) is 5.58 Å². The molecule has 0 saturated carbocycles. The Bertz CT molecular complexity index is 1210. The second-order valence-electron chi connectivity index (χ2n) is 7.33. The standard InChI is InChI=1S/C24H21ClN2O3/c1-14(2)29-18-8-5-16(6-9-18)23(28)26-21-13-17(7-10-19(21)25)24-27-20-11-4-15(3)12-22(20)30-24/h4-14H,1-3H3,(H,26,28). The number of nitrogens with one attached hydrogen (secondary N) is 1. The zero-order valence-electron chi connectivity index (χ0n) is 16.9. The number of oxazole rings is 1. The SMILES string of the molecule is Cc1ccc2nc(-c3ccc(Cl)c(NC(=O)c4ccc(OC(C)C)cc4)c3)oc2c1. The summed E-state index contributed by atoms with van der Waals surface area (Å²) < 4.78 is 11.5. The third-order valence-corrected chi connectivity index (χ3v) is 4.82. The van der Waals surface area contributed by atoms with Gasteiger partial charge < -0.3 is 14.5 Å². The van der Waals surface area contributed by atoms with Gasteiger partial charge in [-0.15, -0.1) is 0 Å². The number of hydrogen-bond acceptors (Lipinski definition) is 4. The maximum Gasteiger partial charge on any atom is 0.255 e. The number of carbonyl (C=O) groups excluding carboxylic acids is 1. The molecule has 1 N–H and O–H groups in total. The van der Waals surface area contributed by atoms with E-state index >= 15 is 0 Å². The van der Waals surface area contributed by atoms with Crippen LogP contribution in [-0.2, 0) is 0 Å².